The summed E-state index contributed by atoms with van der Waals surface area (Å²) in [5.74, 6) is 0. The molecule has 0 aromatic heterocycles. The Balaban J connectivity index is 1.97. The number of hydrogen-bond donors (Lipinski definition) is 0. The second-order valence-corrected chi connectivity index (χ2v) is 40.6. The normalized spacial score (nSPS) is 25.2. The third-order valence-electron chi connectivity index (χ3n) is 11.4. The molecule has 4 aliphatic carbocycles. The van der Waals surface area contributed by atoms with Crippen molar-refractivity contribution in [2.45, 2.75) is 179 Å². The fourth-order valence-corrected chi connectivity index (χ4v) is 62.0. The number of rotatable bonds is 10. The van der Waals surface area contributed by atoms with Crippen molar-refractivity contribution < 1.29 is 9.74 Å². The van der Waals surface area contributed by atoms with Crippen molar-refractivity contribution in [1.29, 1.82) is 0 Å². The van der Waals surface area contributed by atoms with Crippen LogP contribution in [0.25, 0.3) is 0 Å². The first-order valence-electron chi connectivity index (χ1n) is 17.1. The molecule has 0 spiro atoms. The van der Waals surface area contributed by atoms with Crippen LogP contribution in [0.15, 0.2) is 23.3 Å². The first-order valence-corrected chi connectivity index (χ1v) is 27.1. The van der Waals surface area contributed by atoms with Crippen LogP contribution in [-0.4, -0.2) is 35.0 Å². The van der Waals surface area contributed by atoms with E-state index < -0.39 is 21.8 Å². The van der Waals surface area contributed by atoms with Crippen molar-refractivity contribution in [3.63, 3.8) is 0 Å². The first-order chi connectivity index (χ1) is 18.8. The van der Waals surface area contributed by atoms with Crippen LogP contribution in [0.2, 0.25) is 0 Å². The van der Waals surface area contributed by atoms with E-state index in [4.69, 9.17) is 20.4 Å². The average molecular weight is 664 g/mol. The molecule has 0 N–H and O–H groups in total. The summed E-state index contributed by atoms with van der Waals surface area (Å²) >= 11 is 0. The van der Waals surface area contributed by atoms with Gasteiger partial charge in [0.25, 0.3) is 0 Å². The predicted molar refractivity (Wildman–Crippen MR) is 184 cm³/mol. The van der Waals surface area contributed by atoms with Crippen molar-refractivity contribution in [2.24, 2.45) is 0 Å². The van der Waals surface area contributed by atoms with Crippen LogP contribution in [0.1, 0.15) is 156 Å². The molecule has 0 aromatic rings. The molecule has 0 bridgehead atoms. The minimum absolute atomic E-state index is 0.866. The van der Waals surface area contributed by atoms with E-state index in [1.54, 1.807) is 0 Å². The summed E-state index contributed by atoms with van der Waals surface area (Å²) in [6, 6.07) is -4.16. The summed E-state index contributed by atoms with van der Waals surface area (Å²) in [4.78, 5) is 0. The van der Waals surface area contributed by atoms with Crippen molar-refractivity contribution in [2.75, 3.05) is 12.3 Å². The second-order valence-electron chi connectivity index (χ2n) is 14.4. The molecule has 0 atom stereocenters. The van der Waals surface area contributed by atoms with Crippen molar-refractivity contribution in [3.8, 4) is 0 Å². The summed E-state index contributed by atoms with van der Waals surface area (Å²) in [7, 11) is 15.7. The van der Waals surface area contributed by atoms with Gasteiger partial charge in [-0.05, 0) is 0 Å². The van der Waals surface area contributed by atoms with E-state index in [0.717, 1.165) is 22.6 Å². The molecular formula is C34H64Cl2NiP2. The molecule has 0 saturated heterocycles. The first kappa shape index (κ1) is 33.3. The third kappa shape index (κ3) is 7.22. The van der Waals surface area contributed by atoms with Gasteiger partial charge in [0.05, 0.1) is 0 Å². The molecule has 4 saturated carbocycles. The minimum atomic E-state index is -2.08. The molecule has 39 heavy (non-hydrogen) atoms. The van der Waals surface area contributed by atoms with Gasteiger partial charge in [0.2, 0.25) is 0 Å². The van der Waals surface area contributed by atoms with Crippen molar-refractivity contribution in [1.82, 2.24) is 0 Å². The Labute approximate surface area is 255 Å². The SMILES string of the molecule is CC(C)=CC[PH](C1CCCCC1)(C1CCCCC1)[Ni]([Cl])([Cl])[PH](CC=C(C)C)(C1CCCCC1)C1CCCCC1. The predicted octanol–water partition coefficient (Wildman–Crippen LogP) is 13.0. The number of hydrogen-bond acceptors (Lipinski definition) is 0. The van der Waals surface area contributed by atoms with E-state index >= 15 is 0 Å². The Morgan fingerprint density at radius 2 is 0.718 bits per heavy atom. The Morgan fingerprint density at radius 3 is 0.923 bits per heavy atom. The molecule has 5 heteroatoms. The van der Waals surface area contributed by atoms with Crippen LogP contribution in [0.3, 0.4) is 0 Å². The molecule has 0 aromatic carbocycles. The average Bonchev–Trinajstić information content (AvgIpc) is 2.95. The second kappa shape index (κ2) is 15.4. The molecule has 0 unspecified atom stereocenters. The van der Waals surface area contributed by atoms with Gasteiger partial charge in [0, 0.05) is 0 Å². The van der Waals surface area contributed by atoms with E-state index in [1.165, 1.54) is 152 Å². The van der Waals surface area contributed by atoms with E-state index in [0.29, 0.717) is 0 Å². The quantitative estimate of drug-likeness (QED) is 0.124. The maximum absolute atomic E-state index is 8.81. The van der Waals surface area contributed by atoms with Crippen molar-refractivity contribution >= 4 is 32.5 Å². The molecule has 0 heterocycles. The molecule has 0 aliphatic heterocycles. The fraction of sp³-hybridized carbons (Fsp3) is 0.882. The van der Waals surface area contributed by atoms with Gasteiger partial charge in [-0.15, -0.1) is 0 Å². The van der Waals surface area contributed by atoms with Gasteiger partial charge in [-0.1, -0.05) is 0 Å². The molecule has 4 rings (SSSR count). The monoisotopic (exact) mass is 662 g/mol. The zero-order valence-electron chi connectivity index (χ0n) is 26.1. The van der Waals surface area contributed by atoms with Crippen LogP contribution < -0.4 is 0 Å². The van der Waals surface area contributed by atoms with E-state index in [1.807, 2.05) is 0 Å². The van der Waals surface area contributed by atoms with Crippen LogP contribution >= 0.6 is 32.5 Å². The van der Waals surface area contributed by atoms with E-state index in [-0.39, 0.29) is 0 Å². The van der Waals surface area contributed by atoms with E-state index in [9.17, 15) is 0 Å². The van der Waals surface area contributed by atoms with Gasteiger partial charge in [-0.3, -0.25) is 0 Å². The Bertz CT molecular complexity index is 703. The molecular weight excluding hydrogens is 600 g/mol. The van der Waals surface area contributed by atoms with Gasteiger partial charge in [-0.25, -0.2) is 0 Å². The number of allylic oxidation sites excluding steroid dienone is 4. The van der Waals surface area contributed by atoms with E-state index in [2.05, 4.69) is 39.8 Å². The summed E-state index contributed by atoms with van der Waals surface area (Å²) in [5.41, 5.74) is 6.49. The van der Waals surface area contributed by atoms with Gasteiger partial charge >= 0.3 is 257 Å². The Hall–Kier alpha value is 1.41. The maximum atomic E-state index is 8.81. The third-order valence-corrected chi connectivity index (χ3v) is 53.3. The summed E-state index contributed by atoms with van der Waals surface area (Å²) in [5, 5.41) is 0. The van der Waals surface area contributed by atoms with Crippen LogP contribution in [0, 0.1) is 0 Å². The zero-order chi connectivity index (χ0) is 27.9. The Morgan fingerprint density at radius 1 is 0.487 bits per heavy atom. The van der Waals surface area contributed by atoms with Gasteiger partial charge in [0.15, 0.2) is 0 Å². The number of halogens is 2. The summed E-state index contributed by atoms with van der Waals surface area (Å²) in [6.45, 7) is 9.38. The molecule has 4 aliphatic rings. The molecule has 0 nitrogen and oxygen atoms in total. The standard InChI is InChI=1S/2C17H31P.2ClH.Ni/c2*1-15(2)13-14-18(16-9-5-3-6-10-16)17-11-7-4-8-12-17;;;/h2*13,16-17H,3-12,14H2,1-2H3;2*1H;. The zero-order valence-corrected chi connectivity index (χ0v) is 30.6. The van der Waals surface area contributed by atoms with Gasteiger partial charge in [-0.2, -0.15) is 0 Å². The Kier molecular flexibility index (Phi) is 13.2. The molecule has 4 fully saturated rings. The van der Waals surface area contributed by atoms with Crippen molar-refractivity contribution in [3.05, 3.63) is 23.3 Å². The van der Waals surface area contributed by atoms with Crippen LogP contribution in [0.4, 0.5) is 0 Å². The summed E-state index contributed by atoms with van der Waals surface area (Å²) in [6.07, 6.45) is 36.7. The molecule has 0 radical (unpaired) electrons. The van der Waals surface area contributed by atoms with Crippen LogP contribution in [-0.2, 0) is 9.74 Å². The van der Waals surface area contributed by atoms with Crippen LogP contribution in [0.5, 0.6) is 0 Å². The van der Waals surface area contributed by atoms with Gasteiger partial charge < -0.3 is 0 Å². The molecule has 234 valence electrons. The van der Waals surface area contributed by atoms with Gasteiger partial charge in [0.1, 0.15) is 0 Å². The molecule has 0 amide bonds. The topological polar surface area (TPSA) is 0 Å². The fourth-order valence-electron chi connectivity index (χ4n) is 9.39. The summed E-state index contributed by atoms with van der Waals surface area (Å²) < 4.78 is 0.